The van der Waals surface area contributed by atoms with E-state index in [0.717, 1.165) is 17.0 Å². The second-order valence-corrected chi connectivity index (χ2v) is 5.33. The van der Waals surface area contributed by atoms with Gasteiger partial charge in [-0.25, -0.2) is 0 Å². The summed E-state index contributed by atoms with van der Waals surface area (Å²) in [5.74, 6) is 1.18. The van der Waals surface area contributed by atoms with E-state index in [1.54, 1.807) is 0 Å². The van der Waals surface area contributed by atoms with E-state index in [4.69, 9.17) is 0 Å². The van der Waals surface area contributed by atoms with Crippen LogP contribution < -0.4 is 10.6 Å². The quantitative estimate of drug-likeness (QED) is 0.623. The third-order valence-electron chi connectivity index (χ3n) is 2.91. The van der Waals surface area contributed by atoms with E-state index in [1.165, 1.54) is 17.7 Å². The van der Waals surface area contributed by atoms with Gasteiger partial charge in [0.05, 0.1) is 0 Å². The Kier molecular flexibility index (Phi) is 4.07. The van der Waals surface area contributed by atoms with Gasteiger partial charge in [0.1, 0.15) is 6.04 Å². The van der Waals surface area contributed by atoms with Crippen molar-refractivity contribution in [3.8, 4) is 0 Å². The van der Waals surface area contributed by atoms with E-state index in [0.29, 0.717) is 0 Å². The number of nitrogens with one attached hydrogen (secondary N) is 2. The van der Waals surface area contributed by atoms with E-state index in [2.05, 4.69) is 29.7 Å². The minimum absolute atomic E-state index is 0.0400. The van der Waals surface area contributed by atoms with Crippen LogP contribution in [0.1, 0.15) is 31.4 Å². The van der Waals surface area contributed by atoms with E-state index in [1.807, 2.05) is 24.9 Å². The SMILES string of the molecule is CCCCSc1ccc2c(c1)NC(=O)C2NC. The average Bonchev–Trinajstić information content (AvgIpc) is 2.64. The minimum atomic E-state index is -0.195. The molecular formula is C13H18N2OS. The molecule has 2 rings (SSSR count). The molecule has 0 aliphatic carbocycles. The number of carbonyl (C=O) groups excluding carboxylic acids is 1. The van der Waals surface area contributed by atoms with Crippen LogP contribution in [0.4, 0.5) is 5.69 Å². The zero-order chi connectivity index (χ0) is 12.3. The summed E-state index contributed by atoms with van der Waals surface area (Å²) in [6.07, 6.45) is 2.45. The van der Waals surface area contributed by atoms with Gasteiger partial charge in [-0.05, 0) is 31.4 Å². The Morgan fingerprint density at radius 2 is 2.29 bits per heavy atom. The van der Waals surface area contributed by atoms with Crippen molar-refractivity contribution >= 4 is 23.4 Å². The number of hydrogen-bond acceptors (Lipinski definition) is 3. The third kappa shape index (κ3) is 2.64. The van der Waals surface area contributed by atoms with Crippen molar-refractivity contribution < 1.29 is 4.79 Å². The first-order valence-electron chi connectivity index (χ1n) is 6.01. The predicted molar refractivity (Wildman–Crippen MR) is 72.5 cm³/mol. The highest BCUT2D eigenvalue weighted by atomic mass is 32.2. The van der Waals surface area contributed by atoms with Crippen LogP contribution in [-0.4, -0.2) is 18.7 Å². The molecule has 0 spiro atoms. The molecule has 1 amide bonds. The Morgan fingerprint density at radius 3 is 3.00 bits per heavy atom. The molecule has 92 valence electrons. The number of benzene rings is 1. The number of amides is 1. The molecule has 0 radical (unpaired) electrons. The molecule has 0 bridgehead atoms. The lowest BCUT2D eigenvalue weighted by Gasteiger charge is -2.07. The second kappa shape index (κ2) is 5.56. The summed E-state index contributed by atoms with van der Waals surface area (Å²) >= 11 is 1.85. The van der Waals surface area contributed by atoms with Crippen LogP contribution in [0.3, 0.4) is 0 Å². The number of fused-ring (bicyclic) bond motifs is 1. The summed E-state index contributed by atoms with van der Waals surface area (Å²) in [7, 11) is 1.81. The standard InChI is InChI=1S/C13H18N2OS/c1-3-4-7-17-9-5-6-10-11(8-9)15-13(16)12(10)14-2/h5-6,8,12,14H,3-4,7H2,1-2H3,(H,15,16). The maximum Gasteiger partial charge on any atom is 0.246 e. The fourth-order valence-electron chi connectivity index (χ4n) is 1.95. The molecular weight excluding hydrogens is 232 g/mol. The zero-order valence-corrected chi connectivity index (χ0v) is 11.1. The smallest absolute Gasteiger partial charge is 0.246 e. The summed E-state index contributed by atoms with van der Waals surface area (Å²) in [6, 6.07) is 6.02. The van der Waals surface area contributed by atoms with E-state index < -0.39 is 0 Å². The van der Waals surface area contributed by atoms with Gasteiger partial charge >= 0.3 is 0 Å². The van der Waals surface area contributed by atoms with Crippen molar-refractivity contribution in [1.82, 2.24) is 5.32 Å². The van der Waals surface area contributed by atoms with E-state index >= 15 is 0 Å². The highest BCUT2D eigenvalue weighted by Gasteiger charge is 2.28. The van der Waals surface area contributed by atoms with Gasteiger partial charge in [-0.1, -0.05) is 19.4 Å². The minimum Gasteiger partial charge on any atom is -0.324 e. The summed E-state index contributed by atoms with van der Waals surface area (Å²) in [4.78, 5) is 12.9. The van der Waals surface area contributed by atoms with Gasteiger partial charge in [-0.15, -0.1) is 11.8 Å². The highest BCUT2D eigenvalue weighted by Crippen LogP contribution is 2.34. The highest BCUT2D eigenvalue weighted by molar-refractivity contribution is 7.99. The molecule has 1 aromatic rings. The average molecular weight is 250 g/mol. The zero-order valence-electron chi connectivity index (χ0n) is 10.2. The number of thioether (sulfide) groups is 1. The van der Waals surface area contributed by atoms with Crippen LogP contribution in [0, 0.1) is 0 Å². The van der Waals surface area contributed by atoms with Gasteiger partial charge in [0.2, 0.25) is 5.91 Å². The fourth-order valence-corrected chi connectivity index (χ4v) is 2.99. The van der Waals surface area contributed by atoms with Crippen molar-refractivity contribution in [3.05, 3.63) is 23.8 Å². The van der Waals surface area contributed by atoms with Crippen LogP contribution >= 0.6 is 11.8 Å². The van der Waals surface area contributed by atoms with Gasteiger partial charge < -0.3 is 10.6 Å². The van der Waals surface area contributed by atoms with E-state index in [9.17, 15) is 4.79 Å². The lowest BCUT2D eigenvalue weighted by Crippen LogP contribution is -2.23. The Balaban J connectivity index is 2.11. The van der Waals surface area contributed by atoms with Gasteiger partial charge in [0.25, 0.3) is 0 Å². The molecule has 0 saturated heterocycles. The Hall–Kier alpha value is -1.00. The molecule has 1 atom stereocenters. The summed E-state index contributed by atoms with van der Waals surface area (Å²) in [6.45, 7) is 2.20. The maximum absolute atomic E-state index is 11.7. The van der Waals surface area contributed by atoms with Crippen molar-refractivity contribution in [2.45, 2.75) is 30.7 Å². The predicted octanol–water partition coefficient (Wildman–Crippen LogP) is 2.79. The first kappa shape index (κ1) is 12.5. The number of hydrogen-bond donors (Lipinski definition) is 2. The maximum atomic E-state index is 11.7. The molecule has 1 aromatic carbocycles. The van der Waals surface area contributed by atoms with Gasteiger partial charge in [-0.3, -0.25) is 4.79 Å². The van der Waals surface area contributed by atoms with Crippen LogP contribution in [0.2, 0.25) is 0 Å². The molecule has 17 heavy (non-hydrogen) atoms. The van der Waals surface area contributed by atoms with Crippen molar-refractivity contribution in [1.29, 1.82) is 0 Å². The lowest BCUT2D eigenvalue weighted by molar-refractivity contribution is -0.117. The monoisotopic (exact) mass is 250 g/mol. The lowest BCUT2D eigenvalue weighted by atomic mass is 10.1. The van der Waals surface area contributed by atoms with Crippen LogP contribution in [0.15, 0.2) is 23.1 Å². The first-order valence-corrected chi connectivity index (χ1v) is 6.99. The Morgan fingerprint density at radius 1 is 1.47 bits per heavy atom. The molecule has 4 heteroatoms. The number of unbranched alkanes of at least 4 members (excludes halogenated alkanes) is 1. The second-order valence-electron chi connectivity index (χ2n) is 4.16. The largest absolute Gasteiger partial charge is 0.324 e. The Bertz CT molecular complexity index is 420. The number of anilines is 1. The molecule has 1 heterocycles. The van der Waals surface area contributed by atoms with Gasteiger partial charge in [-0.2, -0.15) is 0 Å². The fraction of sp³-hybridized carbons (Fsp3) is 0.462. The molecule has 0 fully saturated rings. The van der Waals surface area contributed by atoms with E-state index in [-0.39, 0.29) is 11.9 Å². The van der Waals surface area contributed by atoms with Gasteiger partial charge in [0.15, 0.2) is 0 Å². The Labute approximate surface area is 106 Å². The van der Waals surface area contributed by atoms with Crippen LogP contribution in [-0.2, 0) is 4.79 Å². The van der Waals surface area contributed by atoms with Crippen LogP contribution in [0.25, 0.3) is 0 Å². The van der Waals surface area contributed by atoms with Crippen LogP contribution in [0.5, 0.6) is 0 Å². The molecule has 1 unspecified atom stereocenters. The summed E-state index contributed by atoms with van der Waals surface area (Å²) < 4.78 is 0. The third-order valence-corrected chi connectivity index (χ3v) is 3.99. The van der Waals surface area contributed by atoms with Crippen molar-refractivity contribution in [2.75, 3.05) is 18.1 Å². The van der Waals surface area contributed by atoms with Crippen molar-refractivity contribution in [2.24, 2.45) is 0 Å². The first-order chi connectivity index (χ1) is 8.26. The summed E-state index contributed by atoms with van der Waals surface area (Å²) in [5, 5.41) is 5.94. The van der Waals surface area contributed by atoms with Crippen molar-refractivity contribution in [3.63, 3.8) is 0 Å². The topological polar surface area (TPSA) is 41.1 Å². The number of likely N-dealkylation sites (N-methyl/N-ethyl adjacent to an activating group) is 1. The molecule has 1 aliphatic heterocycles. The molecule has 2 N–H and O–H groups in total. The normalized spacial score (nSPS) is 18.0. The molecule has 3 nitrogen and oxygen atoms in total. The molecule has 1 aliphatic rings. The summed E-state index contributed by atoms with van der Waals surface area (Å²) in [5.41, 5.74) is 2.01. The van der Waals surface area contributed by atoms with Gasteiger partial charge in [0, 0.05) is 16.1 Å². The molecule has 0 saturated carbocycles. The number of rotatable bonds is 5. The number of carbonyl (C=O) groups is 1. The molecule has 0 aromatic heterocycles.